The van der Waals surface area contributed by atoms with Crippen LogP contribution in [0.2, 0.25) is 0 Å². The SMILES string of the molecule is CN(CC(=O)N1CCc2ccccc21)CC1CCCNC1. The number of benzene rings is 1. The lowest BCUT2D eigenvalue weighted by molar-refractivity contribution is -0.119. The first kappa shape index (κ1) is 14.5. The number of anilines is 1. The molecule has 1 unspecified atom stereocenters. The number of amides is 1. The fourth-order valence-electron chi connectivity index (χ4n) is 3.50. The normalized spacial score (nSPS) is 21.6. The number of nitrogens with one attached hydrogen (secondary N) is 1. The molecule has 0 spiro atoms. The van der Waals surface area contributed by atoms with Crippen molar-refractivity contribution in [2.24, 2.45) is 5.92 Å². The Kier molecular flexibility index (Phi) is 4.56. The van der Waals surface area contributed by atoms with Crippen molar-refractivity contribution in [3.8, 4) is 0 Å². The molecule has 1 fully saturated rings. The standard InChI is InChI=1S/C17H25N3O/c1-19(12-14-5-4-9-18-11-14)13-17(21)20-10-8-15-6-2-3-7-16(15)20/h2-3,6-7,14,18H,4-5,8-13H2,1H3. The molecule has 1 saturated heterocycles. The molecule has 1 N–H and O–H groups in total. The van der Waals surface area contributed by atoms with Crippen LogP contribution >= 0.6 is 0 Å². The quantitative estimate of drug-likeness (QED) is 0.912. The summed E-state index contributed by atoms with van der Waals surface area (Å²) in [5, 5.41) is 3.44. The lowest BCUT2D eigenvalue weighted by Crippen LogP contribution is -2.42. The first-order valence-corrected chi connectivity index (χ1v) is 8.01. The molecule has 0 aliphatic carbocycles. The highest BCUT2D eigenvalue weighted by molar-refractivity contribution is 5.96. The van der Waals surface area contributed by atoms with Crippen LogP contribution in [0.5, 0.6) is 0 Å². The van der Waals surface area contributed by atoms with Gasteiger partial charge in [-0.05, 0) is 56.9 Å². The first-order valence-electron chi connectivity index (χ1n) is 8.01. The molecule has 1 aromatic rings. The van der Waals surface area contributed by atoms with E-state index in [9.17, 15) is 4.79 Å². The highest BCUT2D eigenvalue weighted by Crippen LogP contribution is 2.27. The molecular weight excluding hydrogens is 262 g/mol. The number of carbonyl (C=O) groups is 1. The van der Waals surface area contributed by atoms with E-state index in [1.807, 2.05) is 11.0 Å². The Morgan fingerprint density at radius 1 is 1.43 bits per heavy atom. The fourth-order valence-corrected chi connectivity index (χ4v) is 3.50. The Bertz CT molecular complexity index is 497. The number of hydrogen-bond acceptors (Lipinski definition) is 3. The van der Waals surface area contributed by atoms with Gasteiger partial charge in [0.25, 0.3) is 0 Å². The van der Waals surface area contributed by atoms with Gasteiger partial charge in [-0.15, -0.1) is 0 Å². The van der Waals surface area contributed by atoms with Crippen LogP contribution in [0.3, 0.4) is 0 Å². The van der Waals surface area contributed by atoms with E-state index in [-0.39, 0.29) is 5.91 Å². The molecule has 4 heteroatoms. The highest BCUT2D eigenvalue weighted by Gasteiger charge is 2.25. The minimum Gasteiger partial charge on any atom is -0.316 e. The maximum Gasteiger partial charge on any atom is 0.241 e. The van der Waals surface area contributed by atoms with Gasteiger partial charge in [-0.25, -0.2) is 0 Å². The van der Waals surface area contributed by atoms with Gasteiger partial charge in [-0.3, -0.25) is 9.69 Å². The third kappa shape index (κ3) is 3.44. The van der Waals surface area contributed by atoms with Crippen molar-refractivity contribution in [2.45, 2.75) is 19.3 Å². The van der Waals surface area contributed by atoms with Gasteiger partial charge in [-0.1, -0.05) is 18.2 Å². The average Bonchev–Trinajstić information content (AvgIpc) is 2.92. The molecule has 1 aromatic carbocycles. The van der Waals surface area contributed by atoms with Gasteiger partial charge in [0.2, 0.25) is 5.91 Å². The maximum atomic E-state index is 12.5. The molecule has 0 bridgehead atoms. The number of hydrogen-bond donors (Lipinski definition) is 1. The van der Waals surface area contributed by atoms with Crippen molar-refractivity contribution in [1.29, 1.82) is 0 Å². The zero-order valence-corrected chi connectivity index (χ0v) is 12.8. The topological polar surface area (TPSA) is 35.6 Å². The van der Waals surface area contributed by atoms with E-state index in [4.69, 9.17) is 0 Å². The number of rotatable bonds is 4. The molecule has 1 amide bonds. The third-order valence-corrected chi connectivity index (χ3v) is 4.56. The van der Waals surface area contributed by atoms with Crippen LogP contribution in [0.1, 0.15) is 18.4 Å². The third-order valence-electron chi connectivity index (χ3n) is 4.56. The zero-order chi connectivity index (χ0) is 14.7. The molecular formula is C17H25N3O. The van der Waals surface area contributed by atoms with E-state index >= 15 is 0 Å². The van der Waals surface area contributed by atoms with Crippen LogP contribution < -0.4 is 10.2 Å². The van der Waals surface area contributed by atoms with Crippen LogP contribution in [-0.4, -0.2) is 50.6 Å². The number of nitrogens with zero attached hydrogens (tertiary/aromatic N) is 2. The minimum atomic E-state index is 0.228. The Labute approximate surface area is 127 Å². The number of fused-ring (bicyclic) bond motifs is 1. The summed E-state index contributed by atoms with van der Waals surface area (Å²) in [4.78, 5) is 16.7. The molecule has 0 aromatic heterocycles. The summed E-state index contributed by atoms with van der Waals surface area (Å²) in [5.41, 5.74) is 2.40. The lowest BCUT2D eigenvalue weighted by atomic mass is 9.99. The molecule has 0 saturated carbocycles. The van der Waals surface area contributed by atoms with Gasteiger partial charge in [0.15, 0.2) is 0 Å². The van der Waals surface area contributed by atoms with Crippen LogP contribution in [-0.2, 0) is 11.2 Å². The zero-order valence-electron chi connectivity index (χ0n) is 12.8. The van der Waals surface area contributed by atoms with Crippen molar-refractivity contribution in [2.75, 3.05) is 44.7 Å². The Hall–Kier alpha value is -1.39. The Balaban J connectivity index is 1.54. The second-order valence-corrected chi connectivity index (χ2v) is 6.33. The maximum absolute atomic E-state index is 12.5. The predicted molar refractivity (Wildman–Crippen MR) is 85.6 cm³/mol. The summed E-state index contributed by atoms with van der Waals surface area (Å²) >= 11 is 0. The van der Waals surface area contributed by atoms with E-state index in [1.165, 1.54) is 18.4 Å². The van der Waals surface area contributed by atoms with Gasteiger partial charge >= 0.3 is 0 Å². The molecule has 0 radical (unpaired) electrons. The van der Waals surface area contributed by atoms with Gasteiger partial charge in [0.1, 0.15) is 0 Å². The lowest BCUT2D eigenvalue weighted by Gasteiger charge is -2.28. The summed E-state index contributed by atoms with van der Waals surface area (Å²) in [6.07, 6.45) is 3.52. The van der Waals surface area contributed by atoms with Gasteiger partial charge in [0.05, 0.1) is 6.54 Å². The van der Waals surface area contributed by atoms with E-state index in [0.717, 1.165) is 38.3 Å². The summed E-state index contributed by atoms with van der Waals surface area (Å²) in [5.74, 6) is 0.911. The Morgan fingerprint density at radius 2 is 2.29 bits per heavy atom. The number of para-hydroxylation sites is 1. The van der Waals surface area contributed by atoms with Crippen LogP contribution in [0.15, 0.2) is 24.3 Å². The second-order valence-electron chi connectivity index (χ2n) is 6.33. The van der Waals surface area contributed by atoms with Gasteiger partial charge < -0.3 is 10.2 Å². The number of likely N-dealkylation sites (N-methyl/N-ethyl adjacent to an activating group) is 1. The smallest absolute Gasteiger partial charge is 0.241 e. The van der Waals surface area contributed by atoms with Crippen molar-refractivity contribution >= 4 is 11.6 Å². The highest BCUT2D eigenvalue weighted by atomic mass is 16.2. The average molecular weight is 287 g/mol. The molecule has 3 rings (SSSR count). The van der Waals surface area contributed by atoms with Crippen molar-refractivity contribution in [1.82, 2.24) is 10.2 Å². The summed E-state index contributed by atoms with van der Waals surface area (Å²) in [6.45, 7) is 4.59. The molecule has 114 valence electrons. The molecule has 2 aliphatic heterocycles. The fraction of sp³-hybridized carbons (Fsp3) is 0.588. The molecule has 2 aliphatic rings. The largest absolute Gasteiger partial charge is 0.316 e. The molecule has 2 heterocycles. The number of piperidine rings is 1. The van der Waals surface area contributed by atoms with Crippen LogP contribution in [0, 0.1) is 5.92 Å². The predicted octanol–water partition coefficient (Wildman–Crippen LogP) is 1.51. The molecule has 4 nitrogen and oxygen atoms in total. The van der Waals surface area contributed by atoms with E-state index in [0.29, 0.717) is 12.5 Å². The van der Waals surface area contributed by atoms with Crippen LogP contribution in [0.4, 0.5) is 5.69 Å². The second kappa shape index (κ2) is 6.58. The van der Waals surface area contributed by atoms with E-state index in [2.05, 4.69) is 35.5 Å². The molecule has 21 heavy (non-hydrogen) atoms. The summed E-state index contributed by atoms with van der Waals surface area (Å²) in [7, 11) is 2.06. The van der Waals surface area contributed by atoms with E-state index in [1.54, 1.807) is 0 Å². The monoisotopic (exact) mass is 287 g/mol. The summed E-state index contributed by atoms with van der Waals surface area (Å²) in [6, 6.07) is 8.25. The minimum absolute atomic E-state index is 0.228. The van der Waals surface area contributed by atoms with Crippen molar-refractivity contribution in [3.63, 3.8) is 0 Å². The number of carbonyl (C=O) groups excluding carboxylic acids is 1. The molecule has 1 atom stereocenters. The van der Waals surface area contributed by atoms with E-state index < -0.39 is 0 Å². The van der Waals surface area contributed by atoms with Crippen molar-refractivity contribution in [3.05, 3.63) is 29.8 Å². The summed E-state index contributed by atoms with van der Waals surface area (Å²) < 4.78 is 0. The first-order chi connectivity index (χ1) is 10.2. The van der Waals surface area contributed by atoms with Crippen LogP contribution in [0.25, 0.3) is 0 Å². The van der Waals surface area contributed by atoms with Gasteiger partial charge in [-0.2, -0.15) is 0 Å². The Morgan fingerprint density at radius 3 is 3.10 bits per heavy atom. The van der Waals surface area contributed by atoms with Crippen molar-refractivity contribution < 1.29 is 4.79 Å². The van der Waals surface area contributed by atoms with Gasteiger partial charge in [0, 0.05) is 18.8 Å².